The van der Waals surface area contributed by atoms with Gasteiger partial charge in [0.25, 0.3) is 0 Å². The van der Waals surface area contributed by atoms with Crippen molar-refractivity contribution in [1.82, 2.24) is 10.6 Å². The molecule has 21 heavy (non-hydrogen) atoms. The van der Waals surface area contributed by atoms with E-state index in [9.17, 15) is 8.42 Å². The number of guanidine groups is 1. The van der Waals surface area contributed by atoms with Gasteiger partial charge in [0.15, 0.2) is 5.96 Å². The molecule has 0 radical (unpaired) electrons. The summed E-state index contributed by atoms with van der Waals surface area (Å²) in [5.41, 5.74) is 0. The van der Waals surface area contributed by atoms with E-state index in [0.717, 1.165) is 26.0 Å². The minimum Gasteiger partial charge on any atom is -0.379 e. The molecule has 1 rings (SSSR count). The van der Waals surface area contributed by atoms with Gasteiger partial charge in [-0.2, -0.15) is 0 Å². The van der Waals surface area contributed by atoms with Crippen LogP contribution >= 0.6 is 0 Å². The molecule has 1 atom stereocenters. The predicted octanol–water partition coefficient (Wildman–Crippen LogP) is -0.218. The lowest BCUT2D eigenvalue weighted by Gasteiger charge is -2.11. The van der Waals surface area contributed by atoms with Crippen LogP contribution in [0.5, 0.6) is 0 Å². The first kappa shape index (κ1) is 18.2. The lowest BCUT2D eigenvalue weighted by molar-refractivity contribution is 0.0424. The van der Waals surface area contributed by atoms with E-state index in [0.29, 0.717) is 32.3 Å². The highest BCUT2D eigenvalue weighted by Crippen LogP contribution is 2.07. The van der Waals surface area contributed by atoms with Gasteiger partial charge in [0.1, 0.15) is 9.84 Å². The molecule has 0 amide bonds. The van der Waals surface area contributed by atoms with Crippen LogP contribution in [0.4, 0.5) is 0 Å². The molecule has 1 heterocycles. The molecule has 0 saturated carbocycles. The summed E-state index contributed by atoms with van der Waals surface area (Å²) in [5, 5.41) is 6.09. The van der Waals surface area contributed by atoms with E-state index in [4.69, 9.17) is 9.47 Å². The monoisotopic (exact) mass is 321 g/mol. The van der Waals surface area contributed by atoms with Crippen molar-refractivity contribution in [2.75, 3.05) is 51.5 Å². The van der Waals surface area contributed by atoms with Crippen molar-refractivity contribution < 1.29 is 17.9 Å². The fourth-order valence-corrected chi connectivity index (χ4v) is 2.32. The van der Waals surface area contributed by atoms with Gasteiger partial charge in [-0.05, 0) is 19.8 Å². The predicted molar refractivity (Wildman–Crippen MR) is 83.5 cm³/mol. The molecule has 0 aromatic carbocycles. The molecule has 124 valence electrons. The van der Waals surface area contributed by atoms with Crippen LogP contribution in [0.25, 0.3) is 0 Å². The van der Waals surface area contributed by atoms with Crippen LogP contribution in [0.1, 0.15) is 19.8 Å². The molecule has 7 nitrogen and oxygen atoms in total. The summed E-state index contributed by atoms with van der Waals surface area (Å²) in [6, 6.07) is 0. The average Bonchev–Trinajstić information content (AvgIpc) is 2.90. The number of aliphatic imine (C=N–C) groups is 1. The van der Waals surface area contributed by atoms with Gasteiger partial charge in [0.05, 0.1) is 18.5 Å². The molecule has 0 aromatic heterocycles. The third-order valence-electron chi connectivity index (χ3n) is 2.92. The maximum absolute atomic E-state index is 11.1. The number of rotatable bonds is 9. The fourth-order valence-electron chi connectivity index (χ4n) is 1.85. The van der Waals surface area contributed by atoms with Gasteiger partial charge in [-0.15, -0.1) is 0 Å². The number of hydrogen-bond acceptors (Lipinski definition) is 5. The van der Waals surface area contributed by atoms with Crippen LogP contribution in [0, 0.1) is 0 Å². The minimum atomic E-state index is -2.95. The third kappa shape index (κ3) is 9.65. The second-order valence-corrected chi connectivity index (χ2v) is 7.29. The van der Waals surface area contributed by atoms with Gasteiger partial charge in [-0.3, -0.25) is 4.99 Å². The Morgan fingerprint density at radius 1 is 1.43 bits per heavy atom. The Hall–Kier alpha value is -0.860. The Balaban J connectivity index is 2.17. The molecule has 1 unspecified atom stereocenters. The largest absolute Gasteiger partial charge is 0.379 e. The van der Waals surface area contributed by atoms with E-state index in [-0.39, 0.29) is 11.9 Å². The van der Waals surface area contributed by atoms with Crippen molar-refractivity contribution in [2.24, 2.45) is 4.99 Å². The van der Waals surface area contributed by atoms with Gasteiger partial charge in [-0.1, -0.05) is 0 Å². The zero-order chi connectivity index (χ0) is 15.6. The first-order valence-corrected chi connectivity index (χ1v) is 9.46. The zero-order valence-corrected chi connectivity index (χ0v) is 13.7. The second-order valence-electron chi connectivity index (χ2n) is 5.03. The van der Waals surface area contributed by atoms with Crippen LogP contribution in [0.3, 0.4) is 0 Å². The van der Waals surface area contributed by atoms with Gasteiger partial charge in [0.2, 0.25) is 0 Å². The van der Waals surface area contributed by atoms with E-state index in [1.165, 1.54) is 6.26 Å². The Morgan fingerprint density at radius 3 is 2.86 bits per heavy atom. The summed E-state index contributed by atoms with van der Waals surface area (Å²) in [7, 11) is -2.95. The summed E-state index contributed by atoms with van der Waals surface area (Å²) in [6.07, 6.45) is 3.26. The van der Waals surface area contributed by atoms with Crippen LogP contribution in [-0.2, 0) is 19.3 Å². The van der Waals surface area contributed by atoms with E-state index < -0.39 is 9.84 Å². The smallest absolute Gasteiger partial charge is 0.191 e. The Kier molecular flexibility index (Phi) is 8.63. The molecule has 2 N–H and O–H groups in total. The Bertz CT molecular complexity index is 406. The Labute approximate surface area is 127 Å². The van der Waals surface area contributed by atoms with Crippen molar-refractivity contribution in [3.8, 4) is 0 Å². The highest BCUT2D eigenvalue weighted by Gasteiger charge is 2.15. The van der Waals surface area contributed by atoms with Crippen LogP contribution in [0.15, 0.2) is 4.99 Å². The van der Waals surface area contributed by atoms with E-state index in [1.54, 1.807) is 0 Å². The van der Waals surface area contributed by atoms with Gasteiger partial charge < -0.3 is 20.1 Å². The molecule has 1 aliphatic rings. The normalized spacial score (nSPS) is 19.7. The van der Waals surface area contributed by atoms with Crippen LogP contribution in [-0.4, -0.2) is 71.9 Å². The maximum atomic E-state index is 11.1. The standard InChI is InChI=1S/C13H27N3O4S/c1-3-14-13(16-7-10-21(2,17)18)15-6-4-8-20-12-5-9-19-11-12/h12H,3-11H2,1-2H3,(H2,14,15,16). The van der Waals surface area contributed by atoms with E-state index in [1.807, 2.05) is 6.92 Å². The molecule has 1 fully saturated rings. The minimum absolute atomic E-state index is 0.0994. The third-order valence-corrected chi connectivity index (χ3v) is 3.87. The summed E-state index contributed by atoms with van der Waals surface area (Å²) in [4.78, 5) is 4.39. The number of ether oxygens (including phenoxy) is 2. The molecular formula is C13H27N3O4S. The lowest BCUT2D eigenvalue weighted by Crippen LogP contribution is -2.39. The number of sulfone groups is 1. The molecule has 0 aromatic rings. The number of nitrogens with one attached hydrogen (secondary N) is 2. The molecule has 0 spiro atoms. The van der Waals surface area contributed by atoms with Crippen molar-refractivity contribution in [1.29, 1.82) is 0 Å². The van der Waals surface area contributed by atoms with Crippen molar-refractivity contribution in [3.05, 3.63) is 0 Å². The molecular weight excluding hydrogens is 294 g/mol. The highest BCUT2D eigenvalue weighted by atomic mass is 32.2. The SMILES string of the molecule is CCNC(=NCCCOC1CCOC1)NCCS(C)(=O)=O. The van der Waals surface area contributed by atoms with Crippen molar-refractivity contribution >= 4 is 15.8 Å². The fraction of sp³-hybridized carbons (Fsp3) is 0.923. The van der Waals surface area contributed by atoms with Crippen molar-refractivity contribution in [3.63, 3.8) is 0 Å². The molecule has 1 aliphatic heterocycles. The summed E-state index contributed by atoms with van der Waals surface area (Å²) in [5.74, 6) is 0.743. The lowest BCUT2D eigenvalue weighted by atomic mass is 10.3. The zero-order valence-electron chi connectivity index (χ0n) is 12.9. The van der Waals surface area contributed by atoms with Gasteiger partial charge >= 0.3 is 0 Å². The molecule has 8 heteroatoms. The van der Waals surface area contributed by atoms with Gasteiger partial charge in [0, 0.05) is 39.1 Å². The number of nitrogens with zero attached hydrogens (tertiary/aromatic N) is 1. The van der Waals surface area contributed by atoms with Crippen LogP contribution < -0.4 is 10.6 Å². The quantitative estimate of drug-likeness (QED) is 0.347. The van der Waals surface area contributed by atoms with Gasteiger partial charge in [-0.25, -0.2) is 8.42 Å². The first-order chi connectivity index (χ1) is 10.0. The highest BCUT2D eigenvalue weighted by molar-refractivity contribution is 7.90. The van der Waals surface area contributed by atoms with E-state index >= 15 is 0 Å². The molecule has 1 saturated heterocycles. The second kappa shape index (κ2) is 9.97. The summed E-state index contributed by atoms with van der Waals surface area (Å²) >= 11 is 0. The Morgan fingerprint density at radius 2 is 2.24 bits per heavy atom. The first-order valence-electron chi connectivity index (χ1n) is 7.40. The summed E-state index contributed by atoms with van der Waals surface area (Å²) < 4.78 is 33.0. The average molecular weight is 321 g/mol. The summed E-state index contributed by atoms with van der Waals surface area (Å²) in [6.45, 7) is 5.86. The van der Waals surface area contributed by atoms with E-state index in [2.05, 4.69) is 15.6 Å². The van der Waals surface area contributed by atoms with Crippen LogP contribution in [0.2, 0.25) is 0 Å². The molecule has 0 bridgehead atoms. The van der Waals surface area contributed by atoms with Crippen molar-refractivity contribution in [2.45, 2.75) is 25.9 Å². The topological polar surface area (TPSA) is 89.0 Å². The maximum Gasteiger partial charge on any atom is 0.191 e. The molecule has 0 aliphatic carbocycles. The number of hydrogen-bond donors (Lipinski definition) is 2.